The molecule has 1 amide bonds. The van der Waals surface area contributed by atoms with Crippen LogP contribution in [-0.4, -0.2) is 54.3 Å². The number of nitrogens with one attached hydrogen (secondary N) is 4. The average molecular weight is 494 g/mol. The molecule has 0 saturated heterocycles. The summed E-state index contributed by atoms with van der Waals surface area (Å²) < 4.78 is 5.92. The summed E-state index contributed by atoms with van der Waals surface area (Å²) in [5, 5.41) is 19.0. The molecule has 0 atom stereocenters. The Balaban J connectivity index is 1.63. The Morgan fingerprint density at radius 1 is 1.23 bits per heavy atom. The lowest BCUT2D eigenvalue weighted by Gasteiger charge is -2.12. The second-order valence-electron chi connectivity index (χ2n) is 8.14. The molecule has 4 N–H and O–H groups in total. The van der Waals surface area contributed by atoms with Crippen LogP contribution in [0.15, 0.2) is 48.7 Å². The Morgan fingerprint density at radius 2 is 2.03 bits per heavy atom. The van der Waals surface area contributed by atoms with Crippen LogP contribution >= 0.6 is 11.3 Å². The molecule has 1 aromatic carbocycles. The summed E-state index contributed by atoms with van der Waals surface area (Å²) >= 11 is 1.40. The van der Waals surface area contributed by atoms with Crippen LogP contribution in [0.3, 0.4) is 0 Å². The molecule has 0 spiro atoms. The van der Waals surface area contributed by atoms with E-state index in [2.05, 4.69) is 25.9 Å². The first kappa shape index (κ1) is 25.9. The van der Waals surface area contributed by atoms with Crippen molar-refractivity contribution < 1.29 is 9.53 Å². The van der Waals surface area contributed by atoms with Gasteiger partial charge < -0.3 is 25.6 Å². The predicted molar refractivity (Wildman–Crippen MR) is 142 cm³/mol. The lowest BCUT2D eigenvalue weighted by Crippen LogP contribution is -2.21. The van der Waals surface area contributed by atoms with E-state index in [9.17, 15) is 4.79 Å². The van der Waals surface area contributed by atoms with Crippen LogP contribution in [-0.2, 0) is 11.3 Å². The van der Waals surface area contributed by atoms with Gasteiger partial charge in [-0.05, 0) is 63.8 Å². The van der Waals surface area contributed by atoms with Gasteiger partial charge in [0.25, 0.3) is 0 Å². The second kappa shape index (κ2) is 12.1. The van der Waals surface area contributed by atoms with Crippen LogP contribution in [0.2, 0.25) is 0 Å². The Kier molecular flexibility index (Phi) is 8.93. The van der Waals surface area contributed by atoms with Crippen molar-refractivity contribution in [1.29, 1.82) is 5.41 Å². The Morgan fingerprint density at radius 3 is 2.69 bits per heavy atom. The SMILES string of the molecule is CNc1sc(CNC(=O)/C=C/CN(C)C)nc1C(=N)Nc1ccc(Oc2ccc(C)nc2)c(C)c1. The van der Waals surface area contributed by atoms with Gasteiger partial charge in [0.15, 0.2) is 5.84 Å². The van der Waals surface area contributed by atoms with Crippen LogP contribution in [0.5, 0.6) is 11.5 Å². The molecule has 2 heterocycles. The molecule has 184 valence electrons. The number of pyridine rings is 1. The largest absolute Gasteiger partial charge is 0.455 e. The number of anilines is 2. The topological polar surface area (TPSA) is 115 Å². The summed E-state index contributed by atoms with van der Waals surface area (Å²) in [5.41, 5.74) is 3.09. The number of hydrogen-bond donors (Lipinski definition) is 4. The van der Waals surface area contributed by atoms with Gasteiger partial charge in [0.1, 0.15) is 27.2 Å². The maximum atomic E-state index is 12.0. The highest BCUT2D eigenvalue weighted by Gasteiger charge is 2.16. The number of aromatic nitrogens is 2. The first-order valence-electron chi connectivity index (χ1n) is 11.1. The minimum atomic E-state index is -0.179. The van der Waals surface area contributed by atoms with Crippen molar-refractivity contribution in [2.24, 2.45) is 0 Å². The van der Waals surface area contributed by atoms with E-state index in [-0.39, 0.29) is 18.3 Å². The van der Waals surface area contributed by atoms with Crippen LogP contribution in [0.4, 0.5) is 10.7 Å². The summed E-state index contributed by atoms with van der Waals surface area (Å²) in [6.45, 7) is 4.85. The molecule has 0 aliphatic rings. The van der Waals surface area contributed by atoms with E-state index < -0.39 is 0 Å². The first-order valence-corrected chi connectivity index (χ1v) is 11.9. The van der Waals surface area contributed by atoms with Crippen molar-refractivity contribution in [3.05, 3.63) is 70.6 Å². The van der Waals surface area contributed by atoms with Crippen molar-refractivity contribution in [2.45, 2.75) is 20.4 Å². The fraction of sp³-hybridized carbons (Fsp3) is 0.280. The van der Waals surface area contributed by atoms with Gasteiger partial charge in [0.2, 0.25) is 5.91 Å². The van der Waals surface area contributed by atoms with Gasteiger partial charge in [-0.3, -0.25) is 15.2 Å². The molecule has 0 unspecified atom stereocenters. The number of hydrogen-bond acceptors (Lipinski definition) is 8. The Hall–Kier alpha value is -3.76. The van der Waals surface area contributed by atoms with Crippen molar-refractivity contribution in [2.75, 3.05) is 38.3 Å². The molecule has 3 rings (SSSR count). The molecule has 0 radical (unpaired) electrons. The summed E-state index contributed by atoms with van der Waals surface area (Å²) in [6, 6.07) is 9.40. The van der Waals surface area contributed by atoms with Gasteiger partial charge >= 0.3 is 0 Å². The summed E-state index contributed by atoms with van der Waals surface area (Å²) in [6.07, 6.45) is 5.01. The Bertz CT molecular complexity index is 1200. The average Bonchev–Trinajstić information content (AvgIpc) is 3.24. The molecule has 10 heteroatoms. The third-order valence-corrected chi connectivity index (χ3v) is 5.92. The third-order valence-electron chi connectivity index (χ3n) is 4.85. The molecule has 0 aliphatic heterocycles. The zero-order valence-electron chi connectivity index (χ0n) is 20.6. The lowest BCUT2D eigenvalue weighted by atomic mass is 10.2. The maximum absolute atomic E-state index is 12.0. The van der Waals surface area contributed by atoms with Gasteiger partial charge in [-0.15, -0.1) is 0 Å². The quantitative estimate of drug-likeness (QED) is 0.190. The molecule has 0 fully saturated rings. The fourth-order valence-corrected chi connectivity index (χ4v) is 3.92. The lowest BCUT2D eigenvalue weighted by molar-refractivity contribution is -0.116. The molecule has 9 nitrogen and oxygen atoms in total. The molecule has 0 aliphatic carbocycles. The number of carbonyl (C=O) groups excluding carboxylic acids is 1. The highest BCUT2D eigenvalue weighted by Crippen LogP contribution is 2.29. The van der Waals surface area contributed by atoms with Gasteiger partial charge in [0, 0.05) is 31.0 Å². The monoisotopic (exact) mass is 493 g/mol. The van der Waals surface area contributed by atoms with E-state index in [0.717, 1.165) is 27.7 Å². The normalized spacial score (nSPS) is 11.0. The summed E-state index contributed by atoms with van der Waals surface area (Å²) in [7, 11) is 5.66. The maximum Gasteiger partial charge on any atom is 0.244 e. The van der Waals surface area contributed by atoms with Crippen molar-refractivity contribution in [3.63, 3.8) is 0 Å². The second-order valence-corrected chi connectivity index (χ2v) is 9.22. The van der Waals surface area contributed by atoms with Gasteiger partial charge in [-0.2, -0.15) is 0 Å². The minimum absolute atomic E-state index is 0.157. The minimum Gasteiger partial charge on any atom is -0.455 e. The van der Waals surface area contributed by atoms with Crippen LogP contribution in [0, 0.1) is 19.3 Å². The van der Waals surface area contributed by atoms with E-state index in [1.165, 1.54) is 17.4 Å². The van der Waals surface area contributed by atoms with Gasteiger partial charge in [0.05, 0.1) is 12.7 Å². The van der Waals surface area contributed by atoms with E-state index in [1.807, 2.05) is 63.2 Å². The smallest absolute Gasteiger partial charge is 0.244 e. The van der Waals surface area contributed by atoms with E-state index in [0.29, 0.717) is 23.0 Å². The van der Waals surface area contributed by atoms with Crippen molar-refractivity contribution in [1.82, 2.24) is 20.2 Å². The van der Waals surface area contributed by atoms with E-state index in [4.69, 9.17) is 10.1 Å². The highest BCUT2D eigenvalue weighted by atomic mass is 32.1. The van der Waals surface area contributed by atoms with Crippen LogP contribution in [0.1, 0.15) is 22.0 Å². The molecular formula is C25H31N7O2S. The number of amidine groups is 1. The number of nitrogens with zero attached hydrogens (tertiary/aromatic N) is 3. The standard InChI is InChI=1S/C25H31N7O2S/c1-16-13-18(9-11-20(16)34-19-10-8-17(2)28-14-19)30-24(26)23-25(27-3)35-22(31-23)15-29-21(33)7-6-12-32(4)5/h6-11,13-14,27H,12,15H2,1-5H3,(H2,26,30)(H,29,33)/b7-6+. The number of carbonyl (C=O) groups is 1. The molecule has 3 aromatic rings. The number of ether oxygens (including phenoxy) is 1. The molecule has 0 bridgehead atoms. The number of thiazole rings is 1. The van der Waals surface area contributed by atoms with E-state index in [1.54, 1.807) is 19.3 Å². The third kappa shape index (κ3) is 7.62. The number of amides is 1. The van der Waals surface area contributed by atoms with Gasteiger partial charge in [-0.25, -0.2) is 4.98 Å². The first-order chi connectivity index (χ1) is 16.7. The van der Waals surface area contributed by atoms with Gasteiger partial charge in [-0.1, -0.05) is 17.4 Å². The van der Waals surface area contributed by atoms with Crippen LogP contribution < -0.4 is 20.7 Å². The summed E-state index contributed by atoms with van der Waals surface area (Å²) in [4.78, 5) is 22.8. The number of aryl methyl sites for hydroxylation is 2. The van der Waals surface area contributed by atoms with Crippen molar-refractivity contribution >= 4 is 33.8 Å². The zero-order valence-corrected chi connectivity index (χ0v) is 21.4. The molecule has 0 saturated carbocycles. The number of likely N-dealkylation sites (N-methyl/N-ethyl adjacent to an activating group) is 1. The number of benzene rings is 1. The zero-order chi connectivity index (χ0) is 25.4. The molecule has 2 aromatic heterocycles. The predicted octanol–water partition coefficient (Wildman–Crippen LogP) is 4.16. The Labute approximate surface area is 209 Å². The number of rotatable bonds is 10. The summed E-state index contributed by atoms with van der Waals surface area (Å²) in [5.74, 6) is 1.36. The van der Waals surface area contributed by atoms with Crippen molar-refractivity contribution in [3.8, 4) is 11.5 Å². The van der Waals surface area contributed by atoms with E-state index >= 15 is 0 Å². The highest BCUT2D eigenvalue weighted by molar-refractivity contribution is 7.16. The molecule has 35 heavy (non-hydrogen) atoms. The molecular weight excluding hydrogens is 462 g/mol. The fourth-order valence-electron chi connectivity index (χ4n) is 3.06. The van der Waals surface area contributed by atoms with Crippen LogP contribution in [0.25, 0.3) is 0 Å².